The number of sulfonamides is 1. The molecule has 0 radical (unpaired) electrons. The van der Waals surface area contributed by atoms with Crippen molar-refractivity contribution in [1.82, 2.24) is 4.90 Å². The van der Waals surface area contributed by atoms with E-state index in [9.17, 15) is 13.2 Å². The van der Waals surface area contributed by atoms with Crippen molar-refractivity contribution in [1.29, 1.82) is 0 Å². The molecule has 110 valence electrons. The Hall–Kier alpha value is -1.40. The van der Waals surface area contributed by atoms with Crippen LogP contribution in [0.3, 0.4) is 0 Å². The van der Waals surface area contributed by atoms with Gasteiger partial charge in [0.15, 0.2) is 0 Å². The fourth-order valence-electron chi connectivity index (χ4n) is 2.32. The topological polar surface area (TPSA) is 80.5 Å². The van der Waals surface area contributed by atoms with Gasteiger partial charge in [-0.3, -0.25) is 4.79 Å². The molecule has 6 heteroatoms. The molecule has 0 atom stereocenters. The van der Waals surface area contributed by atoms with E-state index in [-0.39, 0.29) is 10.8 Å². The molecule has 2 N–H and O–H groups in total. The Morgan fingerprint density at radius 3 is 2.40 bits per heavy atom. The van der Waals surface area contributed by atoms with Gasteiger partial charge in [0, 0.05) is 18.2 Å². The van der Waals surface area contributed by atoms with E-state index in [1.54, 1.807) is 11.8 Å². The largest absolute Gasteiger partial charge is 0.336 e. The molecule has 0 aromatic heterocycles. The molecule has 0 spiro atoms. The van der Waals surface area contributed by atoms with Crippen molar-refractivity contribution in [3.05, 3.63) is 28.8 Å². The Balaban J connectivity index is 2.49. The summed E-state index contributed by atoms with van der Waals surface area (Å²) in [5.74, 6) is -0.110. The maximum atomic E-state index is 12.6. The molecule has 1 aliphatic carbocycles. The van der Waals surface area contributed by atoms with Crippen LogP contribution in [0.25, 0.3) is 0 Å². The quantitative estimate of drug-likeness (QED) is 0.916. The number of nitrogens with two attached hydrogens (primary N) is 1. The summed E-state index contributed by atoms with van der Waals surface area (Å²) < 4.78 is 23.0. The van der Waals surface area contributed by atoms with E-state index in [0.29, 0.717) is 18.2 Å². The van der Waals surface area contributed by atoms with E-state index in [1.165, 1.54) is 12.1 Å². The first-order valence-electron chi connectivity index (χ1n) is 6.70. The highest BCUT2D eigenvalue weighted by molar-refractivity contribution is 7.89. The highest BCUT2D eigenvalue weighted by atomic mass is 32.2. The minimum Gasteiger partial charge on any atom is -0.336 e. The van der Waals surface area contributed by atoms with Gasteiger partial charge in [-0.1, -0.05) is 0 Å². The predicted octanol–water partition coefficient (Wildman–Crippen LogP) is 1.58. The van der Waals surface area contributed by atoms with Crippen LogP contribution in [-0.2, 0) is 10.0 Å². The molecule has 1 aliphatic rings. The molecule has 2 rings (SSSR count). The minimum atomic E-state index is -3.81. The lowest BCUT2D eigenvalue weighted by atomic mass is 10.0. The van der Waals surface area contributed by atoms with E-state index in [0.717, 1.165) is 24.0 Å². The van der Waals surface area contributed by atoms with Crippen molar-refractivity contribution in [3.8, 4) is 0 Å². The molecule has 0 saturated heterocycles. The van der Waals surface area contributed by atoms with E-state index >= 15 is 0 Å². The summed E-state index contributed by atoms with van der Waals surface area (Å²) in [7, 11) is -3.81. The number of amides is 1. The molecule has 1 amide bonds. The van der Waals surface area contributed by atoms with Crippen LogP contribution < -0.4 is 5.14 Å². The summed E-state index contributed by atoms with van der Waals surface area (Å²) in [6.45, 7) is 6.17. The first-order valence-corrected chi connectivity index (χ1v) is 8.25. The number of carbonyl (C=O) groups is 1. The molecule has 1 aromatic rings. The zero-order valence-electron chi connectivity index (χ0n) is 12.0. The molecule has 1 saturated carbocycles. The predicted molar refractivity (Wildman–Crippen MR) is 77.0 cm³/mol. The first-order chi connectivity index (χ1) is 9.25. The summed E-state index contributed by atoms with van der Waals surface area (Å²) in [5, 5.41) is 5.17. The van der Waals surface area contributed by atoms with E-state index < -0.39 is 10.0 Å². The number of carbonyl (C=O) groups excluding carboxylic acids is 1. The molecule has 0 unspecified atom stereocenters. The van der Waals surface area contributed by atoms with Gasteiger partial charge in [-0.25, -0.2) is 13.6 Å². The number of hydrogen-bond donors (Lipinski definition) is 1. The second-order valence-corrected chi connectivity index (χ2v) is 6.84. The van der Waals surface area contributed by atoms with E-state index in [1.807, 2.05) is 13.8 Å². The summed E-state index contributed by atoms with van der Waals surface area (Å²) in [5.41, 5.74) is 2.00. The summed E-state index contributed by atoms with van der Waals surface area (Å²) in [6.07, 6.45) is 2.04. The monoisotopic (exact) mass is 296 g/mol. The van der Waals surface area contributed by atoms with E-state index in [2.05, 4.69) is 0 Å². The van der Waals surface area contributed by atoms with Crippen molar-refractivity contribution in [2.45, 2.75) is 44.6 Å². The van der Waals surface area contributed by atoms with Crippen LogP contribution in [0.5, 0.6) is 0 Å². The van der Waals surface area contributed by atoms with Gasteiger partial charge in [0.1, 0.15) is 0 Å². The van der Waals surface area contributed by atoms with Gasteiger partial charge in [0.25, 0.3) is 5.91 Å². The zero-order valence-corrected chi connectivity index (χ0v) is 12.8. The van der Waals surface area contributed by atoms with Crippen molar-refractivity contribution < 1.29 is 13.2 Å². The Morgan fingerprint density at radius 2 is 1.95 bits per heavy atom. The van der Waals surface area contributed by atoms with Crippen LogP contribution in [0.15, 0.2) is 17.0 Å². The van der Waals surface area contributed by atoms with Crippen molar-refractivity contribution in [2.24, 2.45) is 5.14 Å². The average molecular weight is 296 g/mol. The van der Waals surface area contributed by atoms with Gasteiger partial charge in [-0.05, 0) is 56.9 Å². The van der Waals surface area contributed by atoms with Crippen LogP contribution in [0.1, 0.15) is 41.3 Å². The maximum absolute atomic E-state index is 12.6. The van der Waals surface area contributed by atoms with Crippen LogP contribution in [0.2, 0.25) is 0 Å². The van der Waals surface area contributed by atoms with Gasteiger partial charge in [0.05, 0.1) is 4.90 Å². The Kier molecular flexibility index (Phi) is 3.88. The molecule has 0 bridgehead atoms. The SMILES string of the molecule is CCN(C(=O)c1cc(S(N)(=O)=O)cc(C)c1C)C1CC1. The lowest BCUT2D eigenvalue weighted by Gasteiger charge is -2.22. The minimum absolute atomic E-state index is 0.00389. The molecular weight excluding hydrogens is 276 g/mol. The standard InChI is InChI=1S/C14H20N2O3S/c1-4-16(11-5-6-11)14(17)13-8-12(20(15,18)19)7-9(2)10(13)3/h7-8,11H,4-6H2,1-3H3,(H2,15,18,19). The van der Waals surface area contributed by atoms with Gasteiger partial charge in [-0.15, -0.1) is 0 Å². The third-order valence-corrected chi connectivity index (χ3v) is 4.68. The fraction of sp³-hybridized carbons (Fsp3) is 0.500. The van der Waals surface area contributed by atoms with Gasteiger partial charge < -0.3 is 4.90 Å². The number of nitrogens with zero attached hydrogens (tertiary/aromatic N) is 1. The van der Waals surface area contributed by atoms with Crippen molar-refractivity contribution in [3.63, 3.8) is 0 Å². The van der Waals surface area contributed by atoms with Crippen LogP contribution in [0, 0.1) is 13.8 Å². The Labute approximate surface area is 119 Å². The van der Waals surface area contributed by atoms with Gasteiger partial charge >= 0.3 is 0 Å². The highest BCUT2D eigenvalue weighted by Gasteiger charge is 2.32. The molecule has 1 fully saturated rings. The second-order valence-electron chi connectivity index (χ2n) is 5.28. The molecule has 0 aliphatic heterocycles. The van der Waals surface area contributed by atoms with Gasteiger partial charge in [-0.2, -0.15) is 0 Å². The second kappa shape index (κ2) is 5.18. The van der Waals surface area contributed by atoms with Crippen LogP contribution in [0.4, 0.5) is 0 Å². The first kappa shape index (κ1) is 15.0. The summed E-state index contributed by atoms with van der Waals surface area (Å²) in [6, 6.07) is 3.20. The smallest absolute Gasteiger partial charge is 0.254 e. The summed E-state index contributed by atoms with van der Waals surface area (Å²) in [4.78, 5) is 14.4. The number of benzene rings is 1. The van der Waals surface area contributed by atoms with Crippen molar-refractivity contribution in [2.75, 3.05) is 6.54 Å². The average Bonchev–Trinajstić information content (AvgIpc) is 3.16. The molecular formula is C14H20N2O3S. The lowest BCUT2D eigenvalue weighted by molar-refractivity contribution is 0.0751. The van der Waals surface area contributed by atoms with E-state index in [4.69, 9.17) is 5.14 Å². The lowest BCUT2D eigenvalue weighted by Crippen LogP contribution is -2.33. The third-order valence-electron chi connectivity index (χ3n) is 3.79. The number of hydrogen-bond acceptors (Lipinski definition) is 3. The third kappa shape index (κ3) is 2.86. The number of aryl methyl sites for hydroxylation is 1. The van der Waals surface area contributed by atoms with Crippen molar-refractivity contribution >= 4 is 15.9 Å². The molecule has 20 heavy (non-hydrogen) atoms. The maximum Gasteiger partial charge on any atom is 0.254 e. The summed E-state index contributed by atoms with van der Waals surface area (Å²) >= 11 is 0. The van der Waals surface area contributed by atoms with Gasteiger partial charge in [0.2, 0.25) is 10.0 Å². The Bertz CT molecular complexity index is 649. The fourth-order valence-corrected chi connectivity index (χ4v) is 2.94. The zero-order chi connectivity index (χ0) is 15.1. The van der Waals surface area contributed by atoms with Crippen LogP contribution in [-0.4, -0.2) is 31.8 Å². The molecule has 0 heterocycles. The number of primary sulfonamides is 1. The normalized spacial score (nSPS) is 15.2. The molecule has 1 aromatic carbocycles. The number of rotatable bonds is 4. The molecule has 5 nitrogen and oxygen atoms in total. The Morgan fingerprint density at radius 1 is 1.35 bits per heavy atom. The van der Waals surface area contributed by atoms with Crippen LogP contribution >= 0.6 is 0 Å². The highest BCUT2D eigenvalue weighted by Crippen LogP contribution is 2.29.